The minimum absolute atomic E-state index is 0.313. The van der Waals surface area contributed by atoms with Gasteiger partial charge in [-0.25, -0.2) is 0 Å². The molecule has 0 aromatic carbocycles. The van der Waals surface area contributed by atoms with Crippen LogP contribution in [0.2, 0.25) is 0 Å². The van der Waals surface area contributed by atoms with Crippen molar-refractivity contribution in [2.75, 3.05) is 6.26 Å². The van der Waals surface area contributed by atoms with E-state index in [1.54, 1.807) is 11.8 Å². The molecule has 0 bridgehead atoms. The van der Waals surface area contributed by atoms with E-state index in [0.717, 1.165) is 6.42 Å². The van der Waals surface area contributed by atoms with Gasteiger partial charge in [-0.1, -0.05) is 24.6 Å². The highest BCUT2D eigenvalue weighted by Gasteiger charge is 2.19. The molecule has 1 atom stereocenters. The van der Waals surface area contributed by atoms with Crippen LogP contribution < -0.4 is 0 Å². The standard InChI is InChI=1S/C10H16N2S2/c1-13-10-12-11-8-6-4-2-3-5-7-9(8)14-10/h10H,2-7H2,1H3. The van der Waals surface area contributed by atoms with Gasteiger partial charge in [-0.2, -0.15) is 10.2 Å². The second-order valence-electron chi connectivity index (χ2n) is 3.66. The van der Waals surface area contributed by atoms with Crippen LogP contribution in [0.4, 0.5) is 0 Å². The Labute approximate surface area is 94.0 Å². The maximum absolute atomic E-state index is 4.37. The fourth-order valence-electron chi connectivity index (χ4n) is 1.81. The zero-order chi connectivity index (χ0) is 9.80. The second kappa shape index (κ2) is 5.21. The van der Waals surface area contributed by atoms with Gasteiger partial charge in [-0.15, -0.1) is 11.8 Å². The van der Waals surface area contributed by atoms with Gasteiger partial charge in [-0.3, -0.25) is 0 Å². The van der Waals surface area contributed by atoms with Crippen LogP contribution in [-0.2, 0) is 0 Å². The highest BCUT2D eigenvalue weighted by molar-refractivity contribution is 8.18. The van der Waals surface area contributed by atoms with E-state index in [2.05, 4.69) is 16.5 Å². The average Bonchev–Trinajstić information content (AvgIpc) is 2.18. The Balaban J connectivity index is 2.08. The number of nitrogens with zero attached hydrogens (tertiary/aromatic N) is 2. The highest BCUT2D eigenvalue weighted by Crippen LogP contribution is 2.41. The molecule has 0 spiro atoms. The van der Waals surface area contributed by atoms with E-state index >= 15 is 0 Å². The van der Waals surface area contributed by atoms with Crippen molar-refractivity contribution in [2.24, 2.45) is 10.2 Å². The van der Waals surface area contributed by atoms with Crippen LogP contribution in [0.15, 0.2) is 20.8 Å². The van der Waals surface area contributed by atoms with Crippen LogP contribution in [0.3, 0.4) is 0 Å². The molecule has 14 heavy (non-hydrogen) atoms. The monoisotopic (exact) mass is 228 g/mol. The fraction of sp³-hybridized carbons (Fsp3) is 0.800. The molecule has 0 saturated carbocycles. The van der Waals surface area contributed by atoms with E-state index in [4.69, 9.17) is 0 Å². The van der Waals surface area contributed by atoms with Crippen molar-refractivity contribution in [3.05, 3.63) is 10.6 Å². The van der Waals surface area contributed by atoms with Gasteiger partial charge in [0.05, 0.1) is 5.70 Å². The summed E-state index contributed by atoms with van der Waals surface area (Å²) in [6, 6.07) is 0. The summed E-state index contributed by atoms with van der Waals surface area (Å²) < 4.78 is 0.313. The smallest absolute Gasteiger partial charge is 0.163 e. The molecule has 1 aliphatic heterocycles. The topological polar surface area (TPSA) is 24.7 Å². The Kier molecular flexibility index (Phi) is 3.93. The quantitative estimate of drug-likeness (QED) is 0.664. The minimum Gasteiger partial charge on any atom is -0.163 e. The lowest BCUT2D eigenvalue weighted by atomic mass is 10.0. The molecule has 2 rings (SSSR count). The van der Waals surface area contributed by atoms with Crippen LogP contribution in [0.5, 0.6) is 0 Å². The third-order valence-corrected chi connectivity index (χ3v) is 4.99. The van der Waals surface area contributed by atoms with Crippen molar-refractivity contribution < 1.29 is 0 Å². The maximum Gasteiger partial charge on any atom is 0.166 e. The van der Waals surface area contributed by atoms with Crippen molar-refractivity contribution in [1.29, 1.82) is 0 Å². The molecule has 1 heterocycles. The van der Waals surface area contributed by atoms with Crippen LogP contribution in [0.25, 0.3) is 0 Å². The number of thioether (sulfide) groups is 2. The molecular weight excluding hydrogens is 212 g/mol. The van der Waals surface area contributed by atoms with Gasteiger partial charge in [0.1, 0.15) is 0 Å². The SMILES string of the molecule is CSC1N=NC2=C(CCCCCC2)S1. The molecule has 2 aliphatic rings. The predicted octanol–water partition coefficient (Wildman–Crippen LogP) is 4.40. The summed E-state index contributed by atoms with van der Waals surface area (Å²) >= 11 is 3.70. The Morgan fingerprint density at radius 1 is 1.21 bits per heavy atom. The van der Waals surface area contributed by atoms with Crippen LogP contribution >= 0.6 is 23.5 Å². The van der Waals surface area contributed by atoms with Gasteiger partial charge >= 0.3 is 0 Å². The maximum atomic E-state index is 4.37. The van der Waals surface area contributed by atoms with Gasteiger partial charge in [0.25, 0.3) is 0 Å². The lowest BCUT2D eigenvalue weighted by Crippen LogP contribution is -2.02. The Hall–Kier alpha value is 0.0400. The number of allylic oxidation sites excluding steroid dienone is 2. The average molecular weight is 228 g/mol. The van der Waals surface area contributed by atoms with E-state index in [-0.39, 0.29) is 0 Å². The van der Waals surface area contributed by atoms with Gasteiger partial charge in [0, 0.05) is 4.91 Å². The first-order valence-corrected chi connectivity index (χ1v) is 7.39. The van der Waals surface area contributed by atoms with Crippen LogP contribution in [0, 0.1) is 0 Å². The number of hydrogen-bond acceptors (Lipinski definition) is 4. The minimum atomic E-state index is 0.313. The molecule has 78 valence electrons. The van der Waals surface area contributed by atoms with Crippen LogP contribution in [0.1, 0.15) is 38.5 Å². The molecule has 0 aromatic heterocycles. The first-order valence-electron chi connectivity index (χ1n) is 5.22. The molecule has 0 amide bonds. The fourth-order valence-corrected chi connectivity index (χ4v) is 3.56. The Morgan fingerprint density at radius 3 is 2.79 bits per heavy atom. The van der Waals surface area contributed by atoms with E-state index in [9.17, 15) is 0 Å². The van der Waals surface area contributed by atoms with E-state index < -0.39 is 0 Å². The molecule has 4 heteroatoms. The summed E-state index contributed by atoms with van der Waals surface area (Å²) in [4.78, 5) is 1.51. The van der Waals surface area contributed by atoms with Gasteiger partial charge in [0.15, 0.2) is 4.71 Å². The van der Waals surface area contributed by atoms with Gasteiger partial charge in [0.2, 0.25) is 0 Å². The first kappa shape index (κ1) is 10.6. The highest BCUT2D eigenvalue weighted by atomic mass is 32.2. The second-order valence-corrected chi connectivity index (χ2v) is 6.05. The third-order valence-electron chi connectivity index (χ3n) is 2.61. The molecule has 0 radical (unpaired) electrons. The predicted molar refractivity (Wildman–Crippen MR) is 64.5 cm³/mol. The van der Waals surface area contributed by atoms with Crippen molar-refractivity contribution in [3.63, 3.8) is 0 Å². The molecule has 0 aromatic rings. The van der Waals surface area contributed by atoms with E-state index in [1.807, 2.05) is 11.8 Å². The van der Waals surface area contributed by atoms with Crippen LogP contribution in [-0.4, -0.2) is 11.0 Å². The summed E-state index contributed by atoms with van der Waals surface area (Å²) in [6.07, 6.45) is 9.86. The van der Waals surface area contributed by atoms with Crippen molar-refractivity contribution in [1.82, 2.24) is 0 Å². The summed E-state index contributed by atoms with van der Waals surface area (Å²) in [7, 11) is 0. The molecule has 0 N–H and O–H groups in total. The number of hydrogen-bond donors (Lipinski definition) is 0. The third kappa shape index (κ3) is 2.54. The molecular formula is C10H16N2S2. The summed E-state index contributed by atoms with van der Waals surface area (Å²) in [5, 5.41) is 8.67. The lowest BCUT2D eigenvalue weighted by molar-refractivity contribution is 0.613. The Bertz CT molecular complexity index is 261. The summed E-state index contributed by atoms with van der Waals surface area (Å²) in [5.74, 6) is 0. The van der Waals surface area contributed by atoms with Crippen molar-refractivity contribution in [3.8, 4) is 0 Å². The van der Waals surface area contributed by atoms with E-state index in [0.29, 0.717) is 4.71 Å². The molecule has 0 fully saturated rings. The lowest BCUT2D eigenvalue weighted by Gasteiger charge is -2.20. The first-order chi connectivity index (χ1) is 6.90. The molecule has 2 nitrogen and oxygen atoms in total. The van der Waals surface area contributed by atoms with Crippen molar-refractivity contribution >= 4 is 23.5 Å². The van der Waals surface area contributed by atoms with Gasteiger partial charge in [-0.05, 0) is 31.9 Å². The molecule has 1 unspecified atom stereocenters. The van der Waals surface area contributed by atoms with Crippen molar-refractivity contribution in [2.45, 2.75) is 43.2 Å². The largest absolute Gasteiger partial charge is 0.166 e. The molecule has 0 saturated heterocycles. The Morgan fingerprint density at radius 2 is 2.00 bits per heavy atom. The van der Waals surface area contributed by atoms with Gasteiger partial charge < -0.3 is 0 Å². The molecule has 1 aliphatic carbocycles. The zero-order valence-electron chi connectivity index (χ0n) is 8.53. The number of rotatable bonds is 1. The zero-order valence-corrected chi connectivity index (χ0v) is 10.2. The summed E-state index contributed by atoms with van der Waals surface area (Å²) in [5.41, 5.74) is 1.28. The number of azo groups is 1. The van der Waals surface area contributed by atoms with E-state index in [1.165, 1.54) is 42.7 Å². The normalized spacial score (nSPS) is 28.2. The summed E-state index contributed by atoms with van der Waals surface area (Å²) in [6.45, 7) is 0.